The predicted octanol–water partition coefficient (Wildman–Crippen LogP) is 3.48. The minimum atomic E-state index is -0.0565. The van der Waals surface area contributed by atoms with Crippen LogP contribution in [0.1, 0.15) is 63.9 Å². The highest BCUT2D eigenvalue weighted by molar-refractivity contribution is 5.96. The SMILES string of the molecule is CC(C)(C)c1ccccc1C(=O)NC(CCN)C(C)(C)C. The Morgan fingerprint density at radius 1 is 1.14 bits per heavy atom. The van der Waals surface area contributed by atoms with Crippen molar-refractivity contribution in [3.8, 4) is 0 Å². The lowest BCUT2D eigenvalue weighted by Gasteiger charge is -2.32. The lowest BCUT2D eigenvalue weighted by Crippen LogP contribution is -2.45. The van der Waals surface area contributed by atoms with Crippen LogP contribution in [-0.2, 0) is 5.41 Å². The van der Waals surface area contributed by atoms with Crippen LogP contribution in [0.3, 0.4) is 0 Å². The van der Waals surface area contributed by atoms with Crippen LogP contribution in [0.2, 0.25) is 0 Å². The molecule has 0 aliphatic heterocycles. The van der Waals surface area contributed by atoms with Crippen molar-refractivity contribution in [2.75, 3.05) is 6.54 Å². The number of carbonyl (C=O) groups is 1. The van der Waals surface area contributed by atoms with Crippen LogP contribution in [0.4, 0.5) is 0 Å². The molecule has 0 heterocycles. The Kier molecular flexibility index (Phi) is 5.57. The molecule has 0 radical (unpaired) electrons. The molecule has 1 atom stereocenters. The Balaban J connectivity index is 3.04. The number of rotatable bonds is 4. The van der Waals surface area contributed by atoms with Gasteiger partial charge < -0.3 is 11.1 Å². The van der Waals surface area contributed by atoms with Gasteiger partial charge in [0.05, 0.1) is 0 Å². The maximum absolute atomic E-state index is 12.7. The standard InChI is InChI=1S/C18H30N2O/c1-17(2,3)14-10-8-7-9-13(14)16(21)20-15(11-12-19)18(4,5)6/h7-10,15H,11-12,19H2,1-6H3,(H,20,21). The predicted molar refractivity (Wildman–Crippen MR) is 89.5 cm³/mol. The highest BCUT2D eigenvalue weighted by Crippen LogP contribution is 2.27. The van der Waals surface area contributed by atoms with E-state index in [9.17, 15) is 4.79 Å². The van der Waals surface area contributed by atoms with Gasteiger partial charge in [-0.2, -0.15) is 0 Å². The number of nitrogens with one attached hydrogen (secondary N) is 1. The van der Waals surface area contributed by atoms with Gasteiger partial charge in [-0.3, -0.25) is 4.79 Å². The minimum Gasteiger partial charge on any atom is -0.349 e. The summed E-state index contributed by atoms with van der Waals surface area (Å²) in [5.74, 6) is -0.00565. The smallest absolute Gasteiger partial charge is 0.251 e. The summed E-state index contributed by atoms with van der Waals surface area (Å²) in [7, 11) is 0. The molecule has 118 valence electrons. The fourth-order valence-electron chi connectivity index (χ4n) is 2.46. The van der Waals surface area contributed by atoms with Gasteiger partial charge in [0.15, 0.2) is 0 Å². The first-order chi connectivity index (χ1) is 9.57. The van der Waals surface area contributed by atoms with Crippen LogP contribution in [0.25, 0.3) is 0 Å². The second kappa shape index (κ2) is 6.61. The maximum Gasteiger partial charge on any atom is 0.251 e. The molecule has 3 N–H and O–H groups in total. The summed E-state index contributed by atoms with van der Waals surface area (Å²) in [6, 6.07) is 7.91. The van der Waals surface area contributed by atoms with Crippen molar-refractivity contribution in [2.45, 2.75) is 59.4 Å². The number of nitrogens with two attached hydrogens (primary N) is 1. The van der Waals surface area contributed by atoms with Crippen LogP contribution in [0.5, 0.6) is 0 Å². The van der Waals surface area contributed by atoms with Gasteiger partial charge in [0.25, 0.3) is 5.91 Å². The zero-order chi connectivity index (χ0) is 16.3. The highest BCUT2D eigenvalue weighted by atomic mass is 16.1. The Morgan fingerprint density at radius 2 is 1.71 bits per heavy atom. The number of hydrogen-bond acceptors (Lipinski definition) is 2. The molecule has 0 spiro atoms. The molecule has 0 bridgehead atoms. The summed E-state index contributed by atoms with van der Waals surface area (Å²) in [5, 5.41) is 3.17. The molecule has 0 aliphatic carbocycles. The average molecular weight is 290 g/mol. The van der Waals surface area contributed by atoms with E-state index in [4.69, 9.17) is 5.73 Å². The van der Waals surface area contributed by atoms with Crippen LogP contribution >= 0.6 is 0 Å². The third-order valence-electron chi connectivity index (χ3n) is 3.79. The summed E-state index contributed by atoms with van der Waals surface area (Å²) in [5.41, 5.74) is 7.46. The summed E-state index contributed by atoms with van der Waals surface area (Å²) < 4.78 is 0. The zero-order valence-electron chi connectivity index (χ0n) is 14.3. The van der Waals surface area contributed by atoms with Crippen LogP contribution in [-0.4, -0.2) is 18.5 Å². The number of amides is 1. The molecule has 0 saturated heterocycles. The van der Waals surface area contributed by atoms with Crippen molar-refractivity contribution in [1.82, 2.24) is 5.32 Å². The molecular weight excluding hydrogens is 260 g/mol. The molecule has 0 aromatic heterocycles. The van der Waals surface area contributed by atoms with E-state index in [0.29, 0.717) is 6.54 Å². The van der Waals surface area contributed by atoms with Crippen molar-refractivity contribution in [3.05, 3.63) is 35.4 Å². The third-order valence-corrected chi connectivity index (χ3v) is 3.79. The number of benzene rings is 1. The first-order valence-corrected chi connectivity index (χ1v) is 7.68. The quantitative estimate of drug-likeness (QED) is 0.892. The monoisotopic (exact) mass is 290 g/mol. The molecule has 0 fully saturated rings. The van der Waals surface area contributed by atoms with E-state index < -0.39 is 0 Å². The molecule has 21 heavy (non-hydrogen) atoms. The topological polar surface area (TPSA) is 55.1 Å². The lowest BCUT2D eigenvalue weighted by atomic mass is 9.82. The summed E-state index contributed by atoms with van der Waals surface area (Å²) >= 11 is 0. The molecule has 1 unspecified atom stereocenters. The fraction of sp³-hybridized carbons (Fsp3) is 0.611. The molecule has 3 nitrogen and oxygen atoms in total. The maximum atomic E-state index is 12.7. The summed E-state index contributed by atoms with van der Waals surface area (Å²) in [6.07, 6.45) is 0.785. The van der Waals surface area contributed by atoms with Crippen molar-refractivity contribution in [2.24, 2.45) is 11.1 Å². The number of hydrogen-bond donors (Lipinski definition) is 2. The van der Waals surface area contributed by atoms with Gasteiger partial charge in [0, 0.05) is 11.6 Å². The first kappa shape index (κ1) is 17.7. The van der Waals surface area contributed by atoms with Gasteiger partial charge in [0.2, 0.25) is 0 Å². The molecule has 1 aromatic rings. The first-order valence-electron chi connectivity index (χ1n) is 7.68. The van der Waals surface area contributed by atoms with Crippen molar-refractivity contribution in [1.29, 1.82) is 0 Å². The van der Waals surface area contributed by atoms with Crippen LogP contribution < -0.4 is 11.1 Å². The Bertz CT molecular complexity index is 481. The Labute approximate surface area is 129 Å². The van der Waals surface area contributed by atoms with E-state index in [1.165, 1.54) is 0 Å². The molecule has 0 aliphatic rings. The minimum absolute atomic E-state index is 0.00565. The Hall–Kier alpha value is -1.35. The van der Waals surface area contributed by atoms with E-state index >= 15 is 0 Å². The van der Waals surface area contributed by atoms with E-state index in [0.717, 1.165) is 17.5 Å². The second-order valence-corrected chi connectivity index (χ2v) is 7.77. The summed E-state index contributed by atoms with van der Waals surface area (Å²) in [4.78, 5) is 12.7. The largest absolute Gasteiger partial charge is 0.349 e. The average Bonchev–Trinajstić information content (AvgIpc) is 2.36. The van der Waals surface area contributed by atoms with E-state index in [2.05, 4.69) is 46.9 Å². The van der Waals surface area contributed by atoms with Crippen molar-refractivity contribution < 1.29 is 4.79 Å². The molecule has 0 saturated carbocycles. The summed E-state index contributed by atoms with van der Waals surface area (Å²) in [6.45, 7) is 13.3. The molecular formula is C18H30N2O. The zero-order valence-corrected chi connectivity index (χ0v) is 14.3. The van der Waals surface area contributed by atoms with Gasteiger partial charge in [-0.25, -0.2) is 0 Å². The van der Waals surface area contributed by atoms with Crippen molar-refractivity contribution >= 4 is 5.91 Å². The van der Waals surface area contributed by atoms with Gasteiger partial charge >= 0.3 is 0 Å². The van der Waals surface area contributed by atoms with Crippen molar-refractivity contribution in [3.63, 3.8) is 0 Å². The van der Waals surface area contributed by atoms with Gasteiger partial charge in [0.1, 0.15) is 0 Å². The molecule has 1 amide bonds. The third kappa shape index (κ3) is 4.85. The van der Waals surface area contributed by atoms with Crippen LogP contribution in [0, 0.1) is 5.41 Å². The second-order valence-electron chi connectivity index (χ2n) is 7.77. The van der Waals surface area contributed by atoms with E-state index in [1.807, 2.05) is 24.3 Å². The van der Waals surface area contributed by atoms with E-state index in [1.54, 1.807) is 0 Å². The molecule has 3 heteroatoms. The van der Waals surface area contributed by atoms with Gasteiger partial charge in [-0.05, 0) is 35.4 Å². The fourth-order valence-corrected chi connectivity index (χ4v) is 2.46. The lowest BCUT2D eigenvalue weighted by molar-refractivity contribution is 0.0896. The molecule has 1 rings (SSSR count). The molecule has 1 aromatic carbocycles. The highest BCUT2D eigenvalue weighted by Gasteiger charge is 2.28. The van der Waals surface area contributed by atoms with E-state index in [-0.39, 0.29) is 22.8 Å². The van der Waals surface area contributed by atoms with Crippen LogP contribution in [0.15, 0.2) is 24.3 Å². The normalized spacial score (nSPS) is 13.9. The Morgan fingerprint density at radius 3 is 2.19 bits per heavy atom. The van der Waals surface area contributed by atoms with Gasteiger partial charge in [-0.1, -0.05) is 59.7 Å². The van der Waals surface area contributed by atoms with Gasteiger partial charge in [-0.15, -0.1) is 0 Å². The number of carbonyl (C=O) groups excluding carboxylic acids is 1.